The highest BCUT2D eigenvalue weighted by atomic mass is 35.5. The zero-order valence-corrected chi connectivity index (χ0v) is 14.4. The number of aryl methyl sites for hydroxylation is 1. The minimum absolute atomic E-state index is 0. The van der Waals surface area contributed by atoms with Crippen molar-refractivity contribution < 1.29 is 9.32 Å². The minimum Gasteiger partial charge on any atom is -0.359 e. The number of rotatable bonds is 5. The van der Waals surface area contributed by atoms with Crippen molar-refractivity contribution >= 4 is 30.7 Å². The molecule has 0 saturated heterocycles. The molecule has 1 atom stereocenters. The molecule has 0 saturated carbocycles. The predicted molar refractivity (Wildman–Crippen MR) is 89.9 cm³/mol. The topological polar surface area (TPSA) is 95.8 Å². The third-order valence-electron chi connectivity index (χ3n) is 3.56. The fourth-order valence-corrected chi connectivity index (χ4v) is 2.52. The van der Waals surface area contributed by atoms with Crippen LogP contribution in [0, 0.1) is 0 Å². The number of amides is 1. The first kappa shape index (κ1) is 19.5. The van der Waals surface area contributed by atoms with E-state index in [0.717, 1.165) is 42.9 Å². The predicted octanol–water partition coefficient (Wildman–Crippen LogP) is 1.70. The lowest BCUT2D eigenvalue weighted by Crippen LogP contribution is -2.41. The van der Waals surface area contributed by atoms with Gasteiger partial charge in [-0.3, -0.25) is 4.79 Å². The third-order valence-corrected chi connectivity index (χ3v) is 3.56. The van der Waals surface area contributed by atoms with E-state index in [1.165, 1.54) is 0 Å². The summed E-state index contributed by atoms with van der Waals surface area (Å²) >= 11 is 0. The molecule has 0 aliphatic carbocycles. The molecular weight excluding hydrogens is 341 g/mol. The van der Waals surface area contributed by atoms with E-state index in [1.807, 2.05) is 6.07 Å². The van der Waals surface area contributed by atoms with Gasteiger partial charge in [0.25, 0.3) is 0 Å². The van der Waals surface area contributed by atoms with Gasteiger partial charge in [-0.05, 0) is 6.42 Å². The minimum atomic E-state index is -0.405. The van der Waals surface area contributed by atoms with E-state index in [0.29, 0.717) is 12.3 Å². The highest BCUT2D eigenvalue weighted by Crippen LogP contribution is 2.19. The molecule has 0 fully saturated rings. The summed E-state index contributed by atoms with van der Waals surface area (Å²) in [6.07, 6.45) is 4.40. The molecule has 0 radical (unpaired) electrons. The van der Waals surface area contributed by atoms with Crippen LogP contribution in [0.25, 0.3) is 0 Å². The maximum absolute atomic E-state index is 12.3. The number of aromatic amines is 1. The van der Waals surface area contributed by atoms with Gasteiger partial charge in [-0.15, -0.1) is 24.8 Å². The number of hydrogen-bond donors (Lipinski definition) is 3. The van der Waals surface area contributed by atoms with E-state index in [4.69, 9.17) is 4.52 Å². The number of hydrogen-bond acceptors (Lipinski definition) is 5. The Hall–Kier alpha value is -1.57. The lowest BCUT2D eigenvalue weighted by atomic mass is 10.1. The Kier molecular flexibility index (Phi) is 7.54. The molecule has 1 aliphatic rings. The molecule has 2 aromatic rings. The summed E-state index contributed by atoms with van der Waals surface area (Å²) < 4.78 is 5.20. The number of halogens is 2. The number of H-pyrrole nitrogens is 1. The van der Waals surface area contributed by atoms with Gasteiger partial charge in [-0.1, -0.05) is 18.5 Å². The number of aromatic nitrogens is 3. The second-order valence-electron chi connectivity index (χ2n) is 5.16. The molecule has 0 spiro atoms. The molecule has 128 valence electrons. The zero-order valence-electron chi connectivity index (χ0n) is 12.8. The summed E-state index contributed by atoms with van der Waals surface area (Å²) in [6.45, 7) is 3.19. The molecule has 1 aliphatic heterocycles. The van der Waals surface area contributed by atoms with Crippen molar-refractivity contribution in [2.45, 2.75) is 38.8 Å². The fraction of sp³-hybridized carbons (Fsp3) is 0.500. The Labute approximate surface area is 146 Å². The molecular formula is C14H21Cl2N5O2. The van der Waals surface area contributed by atoms with Gasteiger partial charge >= 0.3 is 0 Å². The average Bonchev–Trinajstić information content (AvgIpc) is 3.13. The number of fused-ring (bicyclic) bond motifs is 1. The van der Waals surface area contributed by atoms with E-state index in [-0.39, 0.29) is 30.7 Å². The molecule has 3 rings (SSSR count). The second kappa shape index (κ2) is 8.90. The van der Waals surface area contributed by atoms with Crippen molar-refractivity contribution in [1.82, 2.24) is 25.8 Å². The molecule has 3 heterocycles. The maximum Gasteiger partial charge on any atom is 0.243 e. The molecule has 9 heteroatoms. The highest BCUT2D eigenvalue weighted by molar-refractivity contribution is 5.85. The van der Waals surface area contributed by atoms with Crippen LogP contribution in [0.15, 0.2) is 16.9 Å². The normalized spacial score (nSPS) is 16.0. The Morgan fingerprint density at radius 3 is 3.09 bits per heavy atom. The summed E-state index contributed by atoms with van der Waals surface area (Å²) in [6, 6.07) is 1.48. The van der Waals surface area contributed by atoms with Crippen LogP contribution >= 0.6 is 24.8 Å². The quantitative estimate of drug-likeness (QED) is 0.752. The molecule has 23 heavy (non-hydrogen) atoms. The summed E-state index contributed by atoms with van der Waals surface area (Å²) in [4.78, 5) is 19.6. The van der Waals surface area contributed by atoms with Gasteiger partial charge in [-0.25, -0.2) is 4.98 Å². The molecule has 0 aromatic carbocycles. The first-order valence-electron chi connectivity index (χ1n) is 7.25. The molecule has 0 bridgehead atoms. The Balaban J connectivity index is 0.00000132. The van der Waals surface area contributed by atoms with Crippen molar-refractivity contribution in [1.29, 1.82) is 0 Å². The molecule has 3 N–H and O–H groups in total. The van der Waals surface area contributed by atoms with Crippen LogP contribution in [0.2, 0.25) is 0 Å². The lowest BCUT2D eigenvalue weighted by Gasteiger charge is -2.21. The molecule has 2 aromatic heterocycles. The Morgan fingerprint density at radius 2 is 2.30 bits per heavy atom. The monoisotopic (exact) mass is 361 g/mol. The van der Waals surface area contributed by atoms with Gasteiger partial charge in [0.2, 0.25) is 5.91 Å². The standard InChI is InChI=1S/C14H19N5O2.2ClH/c1-2-3-9-6-10(21-19-9)7-16-14(20)13-12-11(4-5-15-13)17-8-18-12;;/h6,8,13,15H,2-5,7H2,1H3,(H,16,20)(H,17,18);2*1H. The SMILES string of the molecule is CCCc1cc(CNC(=O)C2NCCc3[nH]cnc32)on1.Cl.Cl. The number of nitrogens with one attached hydrogen (secondary N) is 3. The zero-order chi connectivity index (χ0) is 14.7. The van der Waals surface area contributed by atoms with Crippen LogP contribution in [0.5, 0.6) is 0 Å². The Morgan fingerprint density at radius 1 is 1.48 bits per heavy atom. The first-order valence-corrected chi connectivity index (χ1v) is 7.25. The first-order chi connectivity index (χ1) is 10.3. The van der Waals surface area contributed by atoms with E-state index in [2.05, 4.69) is 32.7 Å². The van der Waals surface area contributed by atoms with Gasteiger partial charge in [0.05, 0.1) is 24.3 Å². The number of nitrogens with zero attached hydrogens (tertiary/aromatic N) is 2. The fourth-order valence-electron chi connectivity index (χ4n) is 2.52. The van der Waals surface area contributed by atoms with Gasteiger partial charge < -0.3 is 20.1 Å². The summed E-state index contributed by atoms with van der Waals surface area (Å²) in [5.41, 5.74) is 2.73. The highest BCUT2D eigenvalue weighted by Gasteiger charge is 2.28. The van der Waals surface area contributed by atoms with Crippen LogP contribution in [0.3, 0.4) is 0 Å². The van der Waals surface area contributed by atoms with Gasteiger partial charge in [0.15, 0.2) is 5.76 Å². The van der Waals surface area contributed by atoms with Crippen molar-refractivity contribution in [2.24, 2.45) is 0 Å². The van der Waals surface area contributed by atoms with Crippen LogP contribution in [0.4, 0.5) is 0 Å². The van der Waals surface area contributed by atoms with Gasteiger partial charge in [0, 0.05) is 24.7 Å². The third kappa shape index (κ3) is 4.46. The molecule has 1 unspecified atom stereocenters. The van der Waals surface area contributed by atoms with Crippen molar-refractivity contribution in [3.8, 4) is 0 Å². The molecule has 1 amide bonds. The smallest absolute Gasteiger partial charge is 0.243 e. The second-order valence-corrected chi connectivity index (χ2v) is 5.16. The number of imidazole rings is 1. The van der Waals surface area contributed by atoms with E-state index >= 15 is 0 Å². The van der Waals surface area contributed by atoms with Crippen LogP contribution in [-0.2, 0) is 24.2 Å². The average molecular weight is 362 g/mol. The van der Waals surface area contributed by atoms with E-state index in [1.54, 1.807) is 6.33 Å². The maximum atomic E-state index is 12.3. The summed E-state index contributed by atoms with van der Waals surface area (Å²) in [5, 5.41) is 10.0. The Bertz CT molecular complexity index is 628. The van der Waals surface area contributed by atoms with Crippen LogP contribution in [0.1, 0.15) is 42.2 Å². The summed E-state index contributed by atoms with van der Waals surface area (Å²) in [7, 11) is 0. The van der Waals surface area contributed by atoms with Crippen molar-refractivity contribution in [3.63, 3.8) is 0 Å². The summed E-state index contributed by atoms with van der Waals surface area (Å²) in [5.74, 6) is 0.571. The number of carbonyl (C=O) groups excluding carboxylic acids is 1. The van der Waals surface area contributed by atoms with Gasteiger partial charge in [0.1, 0.15) is 6.04 Å². The van der Waals surface area contributed by atoms with E-state index < -0.39 is 6.04 Å². The van der Waals surface area contributed by atoms with E-state index in [9.17, 15) is 4.79 Å². The van der Waals surface area contributed by atoms with Crippen molar-refractivity contribution in [3.05, 3.63) is 35.2 Å². The molecule has 7 nitrogen and oxygen atoms in total. The van der Waals surface area contributed by atoms with Gasteiger partial charge in [-0.2, -0.15) is 0 Å². The van der Waals surface area contributed by atoms with Crippen LogP contribution < -0.4 is 10.6 Å². The van der Waals surface area contributed by atoms with Crippen LogP contribution in [-0.4, -0.2) is 27.6 Å². The van der Waals surface area contributed by atoms with Crippen molar-refractivity contribution in [2.75, 3.05) is 6.54 Å². The number of carbonyl (C=O) groups is 1. The largest absolute Gasteiger partial charge is 0.359 e. The lowest BCUT2D eigenvalue weighted by molar-refractivity contribution is -0.123.